The molecule has 0 saturated carbocycles. The summed E-state index contributed by atoms with van der Waals surface area (Å²) in [5, 5.41) is 13.2. The molecule has 5 heteroatoms. The zero-order valence-corrected chi connectivity index (χ0v) is 13.0. The van der Waals surface area contributed by atoms with Gasteiger partial charge >= 0.3 is 0 Å². The van der Waals surface area contributed by atoms with Gasteiger partial charge in [-0.2, -0.15) is 10.2 Å². The summed E-state index contributed by atoms with van der Waals surface area (Å²) in [5.41, 5.74) is 2.81. The molecule has 1 aromatic heterocycles. The fraction of sp³-hybridized carbons (Fsp3) is 0.167. The number of nitrogens with one attached hydrogen (secondary N) is 1. The molecule has 0 atom stereocenters. The Balaban J connectivity index is 1.87. The summed E-state index contributed by atoms with van der Waals surface area (Å²) in [6.07, 6.45) is 2.41. The number of rotatable bonds is 4. The number of carbonyl (C=O) groups is 1. The predicted octanol–water partition coefficient (Wildman–Crippen LogP) is 3.19. The van der Waals surface area contributed by atoms with Crippen molar-refractivity contribution in [3.05, 3.63) is 59.9 Å². The summed E-state index contributed by atoms with van der Waals surface area (Å²) in [6.45, 7) is 1.49. The molecule has 0 spiro atoms. The Kier molecular flexibility index (Phi) is 4.19. The van der Waals surface area contributed by atoms with E-state index in [2.05, 4.69) is 15.5 Å². The summed E-state index contributed by atoms with van der Waals surface area (Å²) in [4.78, 5) is 11.0. The predicted molar refractivity (Wildman–Crippen MR) is 89.6 cm³/mol. The maximum atomic E-state index is 11.0. The lowest BCUT2D eigenvalue weighted by Gasteiger charge is -2.07. The average molecular weight is 307 g/mol. The van der Waals surface area contributed by atoms with E-state index in [1.807, 2.05) is 42.5 Å². The number of methoxy groups -OCH3 is 1. The van der Waals surface area contributed by atoms with Crippen LogP contribution in [0.1, 0.15) is 18.2 Å². The smallest absolute Gasteiger partial charge is 0.221 e. The van der Waals surface area contributed by atoms with Gasteiger partial charge in [0.25, 0.3) is 0 Å². The molecule has 0 bridgehead atoms. The van der Waals surface area contributed by atoms with Gasteiger partial charge in [0, 0.05) is 29.8 Å². The molecule has 116 valence electrons. The van der Waals surface area contributed by atoms with E-state index in [9.17, 15) is 4.79 Å². The summed E-state index contributed by atoms with van der Waals surface area (Å²) in [5.74, 6) is 0.725. The van der Waals surface area contributed by atoms with Crippen molar-refractivity contribution in [2.24, 2.45) is 0 Å². The van der Waals surface area contributed by atoms with E-state index in [1.54, 1.807) is 13.3 Å². The molecular formula is C18H17N3O2. The average Bonchev–Trinajstić information content (AvgIpc) is 2.56. The number of fused-ring (bicyclic) bond motifs is 1. The van der Waals surface area contributed by atoms with Crippen LogP contribution in [0.15, 0.2) is 48.7 Å². The van der Waals surface area contributed by atoms with E-state index >= 15 is 0 Å². The third-order valence-corrected chi connectivity index (χ3v) is 3.59. The number of aromatic nitrogens is 2. The lowest BCUT2D eigenvalue weighted by atomic mass is 10.0. The third kappa shape index (κ3) is 3.45. The molecule has 0 saturated heterocycles. The Hall–Kier alpha value is -2.95. The fourth-order valence-electron chi connectivity index (χ4n) is 2.49. The van der Waals surface area contributed by atoms with Crippen LogP contribution in [0.5, 0.6) is 5.75 Å². The van der Waals surface area contributed by atoms with E-state index in [4.69, 9.17) is 4.74 Å². The summed E-state index contributed by atoms with van der Waals surface area (Å²) in [6, 6.07) is 13.6. The molecular weight excluding hydrogens is 290 g/mol. The van der Waals surface area contributed by atoms with Crippen LogP contribution in [0.2, 0.25) is 0 Å². The van der Waals surface area contributed by atoms with E-state index < -0.39 is 0 Å². The SMILES string of the molecule is COc1ccc2c(Cc3ccc(NC(C)=O)cc3)nncc2c1. The van der Waals surface area contributed by atoms with E-state index in [0.29, 0.717) is 6.42 Å². The zero-order chi connectivity index (χ0) is 16.2. The minimum Gasteiger partial charge on any atom is -0.497 e. The van der Waals surface area contributed by atoms with Crippen molar-refractivity contribution < 1.29 is 9.53 Å². The molecule has 3 aromatic rings. The molecule has 1 heterocycles. The molecule has 1 N–H and O–H groups in total. The number of carbonyl (C=O) groups excluding carboxylic acids is 1. The molecule has 0 radical (unpaired) electrons. The monoisotopic (exact) mass is 307 g/mol. The fourth-order valence-corrected chi connectivity index (χ4v) is 2.49. The summed E-state index contributed by atoms with van der Waals surface area (Å²) in [7, 11) is 1.65. The lowest BCUT2D eigenvalue weighted by molar-refractivity contribution is -0.114. The minimum absolute atomic E-state index is 0.0772. The molecule has 5 nitrogen and oxygen atoms in total. The highest BCUT2D eigenvalue weighted by Gasteiger charge is 2.06. The van der Waals surface area contributed by atoms with Crippen LogP contribution in [-0.2, 0) is 11.2 Å². The first-order valence-electron chi connectivity index (χ1n) is 7.30. The summed E-state index contributed by atoms with van der Waals surface area (Å²) >= 11 is 0. The molecule has 0 aliphatic rings. The van der Waals surface area contributed by atoms with Crippen molar-refractivity contribution in [1.29, 1.82) is 0 Å². The van der Waals surface area contributed by atoms with Crippen LogP contribution >= 0.6 is 0 Å². The van der Waals surface area contributed by atoms with E-state index in [1.165, 1.54) is 6.92 Å². The Bertz CT molecular complexity index is 845. The third-order valence-electron chi connectivity index (χ3n) is 3.59. The van der Waals surface area contributed by atoms with Crippen molar-refractivity contribution in [1.82, 2.24) is 10.2 Å². The standard InChI is InChI=1S/C18H17N3O2/c1-12(22)20-15-5-3-13(4-6-15)9-18-17-8-7-16(23-2)10-14(17)11-19-21-18/h3-8,10-11H,9H2,1-2H3,(H,20,22). The Morgan fingerprint density at radius 2 is 1.96 bits per heavy atom. The van der Waals surface area contributed by atoms with Crippen molar-refractivity contribution >= 4 is 22.4 Å². The van der Waals surface area contributed by atoms with Gasteiger partial charge in [-0.1, -0.05) is 12.1 Å². The lowest BCUT2D eigenvalue weighted by Crippen LogP contribution is -2.05. The topological polar surface area (TPSA) is 64.1 Å². The minimum atomic E-state index is -0.0772. The Labute approximate surface area is 134 Å². The van der Waals surface area contributed by atoms with Gasteiger partial charge in [-0.15, -0.1) is 0 Å². The van der Waals surface area contributed by atoms with Gasteiger partial charge in [-0.3, -0.25) is 4.79 Å². The maximum Gasteiger partial charge on any atom is 0.221 e. The van der Waals surface area contributed by atoms with Crippen LogP contribution < -0.4 is 10.1 Å². The maximum absolute atomic E-state index is 11.0. The second-order valence-corrected chi connectivity index (χ2v) is 5.30. The van der Waals surface area contributed by atoms with Crippen LogP contribution in [-0.4, -0.2) is 23.2 Å². The molecule has 0 aliphatic heterocycles. The van der Waals surface area contributed by atoms with Crippen LogP contribution in [0.25, 0.3) is 10.8 Å². The molecule has 0 unspecified atom stereocenters. The van der Waals surface area contributed by atoms with Crippen molar-refractivity contribution in [2.75, 3.05) is 12.4 Å². The van der Waals surface area contributed by atoms with Crippen molar-refractivity contribution in [2.45, 2.75) is 13.3 Å². The second kappa shape index (κ2) is 6.44. The van der Waals surface area contributed by atoms with Crippen LogP contribution in [0.3, 0.4) is 0 Å². The van der Waals surface area contributed by atoms with Crippen molar-refractivity contribution in [3.63, 3.8) is 0 Å². The van der Waals surface area contributed by atoms with Crippen molar-refractivity contribution in [3.8, 4) is 5.75 Å². The number of hydrogen-bond donors (Lipinski definition) is 1. The number of ether oxygens (including phenoxy) is 1. The van der Waals surface area contributed by atoms with Gasteiger partial charge in [0.2, 0.25) is 5.91 Å². The highest BCUT2D eigenvalue weighted by atomic mass is 16.5. The number of nitrogens with zero attached hydrogens (tertiary/aromatic N) is 2. The first kappa shape index (κ1) is 15.0. The molecule has 3 rings (SSSR count). The zero-order valence-electron chi connectivity index (χ0n) is 13.0. The Morgan fingerprint density at radius 3 is 2.65 bits per heavy atom. The highest BCUT2D eigenvalue weighted by molar-refractivity contribution is 5.88. The number of amides is 1. The highest BCUT2D eigenvalue weighted by Crippen LogP contribution is 2.23. The second-order valence-electron chi connectivity index (χ2n) is 5.30. The van der Waals surface area contributed by atoms with Gasteiger partial charge in [0.1, 0.15) is 5.75 Å². The summed E-state index contributed by atoms with van der Waals surface area (Å²) < 4.78 is 5.24. The van der Waals surface area contributed by atoms with E-state index in [-0.39, 0.29) is 5.91 Å². The number of anilines is 1. The quantitative estimate of drug-likeness (QED) is 0.804. The number of hydrogen-bond acceptors (Lipinski definition) is 4. The molecule has 2 aromatic carbocycles. The normalized spacial score (nSPS) is 10.5. The first-order valence-corrected chi connectivity index (χ1v) is 7.30. The van der Waals surface area contributed by atoms with Gasteiger partial charge < -0.3 is 10.1 Å². The molecule has 23 heavy (non-hydrogen) atoms. The molecule has 0 aliphatic carbocycles. The van der Waals surface area contributed by atoms with Crippen LogP contribution in [0.4, 0.5) is 5.69 Å². The van der Waals surface area contributed by atoms with Gasteiger partial charge in [-0.25, -0.2) is 0 Å². The van der Waals surface area contributed by atoms with E-state index in [0.717, 1.165) is 33.5 Å². The largest absolute Gasteiger partial charge is 0.497 e. The van der Waals surface area contributed by atoms with Crippen LogP contribution in [0, 0.1) is 0 Å². The van der Waals surface area contributed by atoms with Gasteiger partial charge in [0.05, 0.1) is 19.0 Å². The number of benzene rings is 2. The molecule has 1 amide bonds. The first-order chi connectivity index (χ1) is 11.2. The Morgan fingerprint density at radius 1 is 1.17 bits per heavy atom. The molecule has 0 fully saturated rings. The van der Waals surface area contributed by atoms with Gasteiger partial charge in [0.15, 0.2) is 0 Å². The van der Waals surface area contributed by atoms with Gasteiger partial charge in [-0.05, 0) is 35.9 Å².